The van der Waals surface area contributed by atoms with Crippen molar-refractivity contribution in [2.75, 3.05) is 5.32 Å². The Morgan fingerprint density at radius 1 is 1.29 bits per heavy atom. The third-order valence-electron chi connectivity index (χ3n) is 3.00. The molecule has 0 atom stereocenters. The van der Waals surface area contributed by atoms with Gasteiger partial charge < -0.3 is 9.73 Å². The number of nitriles is 1. The summed E-state index contributed by atoms with van der Waals surface area (Å²) in [6, 6.07) is 12.5. The first-order valence-electron chi connectivity index (χ1n) is 6.71. The van der Waals surface area contributed by atoms with E-state index in [1.54, 1.807) is 30.3 Å². The van der Waals surface area contributed by atoms with E-state index in [0.717, 1.165) is 14.2 Å². The summed E-state index contributed by atoms with van der Waals surface area (Å²) in [5, 5.41) is 19.3. The normalized spacial score (nSPS) is 11.1. The van der Waals surface area contributed by atoms with Gasteiger partial charge in [0.15, 0.2) is 0 Å². The molecule has 1 amide bonds. The molecule has 3 rings (SSSR count). The average molecular weight is 401 g/mol. The maximum absolute atomic E-state index is 12.2. The van der Waals surface area contributed by atoms with Crippen LogP contribution < -0.4 is 5.32 Å². The molecule has 0 spiro atoms. The van der Waals surface area contributed by atoms with Gasteiger partial charge in [0.05, 0.1) is 3.79 Å². The number of aromatic nitrogens is 2. The second-order valence-electron chi connectivity index (χ2n) is 4.59. The van der Waals surface area contributed by atoms with Crippen LogP contribution in [0.3, 0.4) is 0 Å². The number of hydrogen-bond donors (Lipinski definition) is 1. The van der Waals surface area contributed by atoms with E-state index in [-0.39, 0.29) is 5.57 Å². The molecule has 6 nitrogen and oxygen atoms in total. The number of nitrogens with zero attached hydrogens (tertiary/aromatic N) is 3. The molecule has 0 unspecified atom stereocenters. The van der Waals surface area contributed by atoms with E-state index < -0.39 is 5.91 Å². The summed E-state index contributed by atoms with van der Waals surface area (Å²) in [7, 11) is 0. The highest BCUT2D eigenvalue weighted by molar-refractivity contribution is 9.11. The van der Waals surface area contributed by atoms with Crippen molar-refractivity contribution < 1.29 is 9.21 Å². The molecule has 118 valence electrons. The van der Waals surface area contributed by atoms with E-state index in [2.05, 4.69) is 31.4 Å². The van der Waals surface area contributed by atoms with Crippen LogP contribution in [0, 0.1) is 11.3 Å². The van der Waals surface area contributed by atoms with Crippen molar-refractivity contribution in [1.29, 1.82) is 5.26 Å². The predicted molar refractivity (Wildman–Crippen MR) is 94.0 cm³/mol. The van der Waals surface area contributed by atoms with Gasteiger partial charge in [0.2, 0.25) is 12.3 Å². The van der Waals surface area contributed by atoms with E-state index in [1.165, 1.54) is 17.7 Å². The number of rotatable bonds is 4. The van der Waals surface area contributed by atoms with E-state index >= 15 is 0 Å². The molecule has 1 N–H and O–H groups in total. The summed E-state index contributed by atoms with van der Waals surface area (Å²) in [4.78, 5) is 13.0. The highest BCUT2D eigenvalue weighted by Gasteiger charge is 2.11. The molecule has 0 saturated carbocycles. The minimum absolute atomic E-state index is 0.0327. The molecule has 0 aliphatic carbocycles. The molecular formula is C16H9BrN4O2S. The number of carbonyl (C=O) groups excluding carboxylic acids is 1. The molecule has 1 aromatic carbocycles. The molecule has 0 fully saturated rings. The van der Waals surface area contributed by atoms with Gasteiger partial charge in [-0.3, -0.25) is 4.79 Å². The molecule has 0 bridgehead atoms. The zero-order valence-corrected chi connectivity index (χ0v) is 14.5. The SMILES string of the molecule is N#C/C(=C\c1ccc(Br)s1)C(=O)Nc1ccc(-c2nnco2)cc1. The summed E-state index contributed by atoms with van der Waals surface area (Å²) < 4.78 is 6.03. The fourth-order valence-electron chi connectivity index (χ4n) is 1.89. The van der Waals surface area contributed by atoms with E-state index in [0.29, 0.717) is 11.6 Å². The lowest BCUT2D eigenvalue weighted by molar-refractivity contribution is -0.112. The molecule has 0 aliphatic heterocycles. The summed E-state index contributed by atoms with van der Waals surface area (Å²) in [6.07, 6.45) is 2.80. The molecule has 2 aromatic heterocycles. The third-order valence-corrected chi connectivity index (χ3v) is 4.57. The van der Waals surface area contributed by atoms with Gasteiger partial charge in [-0.2, -0.15) is 5.26 Å². The number of hydrogen-bond acceptors (Lipinski definition) is 6. The number of amides is 1. The van der Waals surface area contributed by atoms with Crippen LogP contribution >= 0.6 is 27.3 Å². The van der Waals surface area contributed by atoms with Crippen LogP contribution in [-0.2, 0) is 4.79 Å². The maximum Gasteiger partial charge on any atom is 0.266 e. The average Bonchev–Trinajstić information content (AvgIpc) is 3.25. The van der Waals surface area contributed by atoms with Gasteiger partial charge in [-0.1, -0.05) is 0 Å². The van der Waals surface area contributed by atoms with Crippen LogP contribution in [0.5, 0.6) is 0 Å². The van der Waals surface area contributed by atoms with Crippen molar-refractivity contribution in [3.8, 4) is 17.5 Å². The minimum atomic E-state index is -0.465. The van der Waals surface area contributed by atoms with Gasteiger partial charge in [0.25, 0.3) is 5.91 Å². The Kier molecular flexibility index (Phi) is 4.84. The van der Waals surface area contributed by atoms with Crippen LogP contribution in [0.4, 0.5) is 5.69 Å². The van der Waals surface area contributed by atoms with Gasteiger partial charge in [-0.25, -0.2) is 0 Å². The monoisotopic (exact) mass is 400 g/mol. The number of halogens is 1. The Morgan fingerprint density at radius 3 is 2.67 bits per heavy atom. The Labute approximate surface area is 149 Å². The molecule has 0 radical (unpaired) electrons. The Morgan fingerprint density at radius 2 is 2.08 bits per heavy atom. The zero-order chi connectivity index (χ0) is 16.9. The van der Waals surface area contributed by atoms with E-state index in [9.17, 15) is 10.1 Å². The number of thiophene rings is 1. The molecule has 24 heavy (non-hydrogen) atoms. The smallest absolute Gasteiger partial charge is 0.266 e. The van der Waals surface area contributed by atoms with Crippen LogP contribution in [-0.4, -0.2) is 16.1 Å². The Balaban J connectivity index is 1.74. The van der Waals surface area contributed by atoms with Crippen molar-refractivity contribution >= 4 is 44.9 Å². The highest BCUT2D eigenvalue weighted by atomic mass is 79.9. The standard InChI is InChI=1S/C16H9BrN4O2S/c17-14-6-5-13(24-14)7-11(8-18)15(22)20-12-3-1-10(2-4-12)16-21-19-9-23-16/h1-7,9H,(H,20,22)/b11-7+. The number of benzene rings is 1. The molecular weight excluding hydrogens is 392 g/mol. The third kappa shape index (κ3) is 3.76. The molecule has 0 saturated heterocycles. The zero-order valence-electron chi connectivity index (χ0n) is 12.1. The first-order valence-corrected chi connectivity index (χ1v) is 8.32. The van der Waals surface area contributed by atoms with Crippen molar-refractivity contribution in [3.05, 3.63) is 57.0 Å². The highest BCUT2D eigenvalue weighted by Crippen LogP contribution is 2.24. The molecule has 2 heterocycles. The second-order valence-corrected chi connectivity index (χ2v) is 7.08. The van der Waals surface area contributed by atoms with Crippen molar-refractivity contribution in [2.45, 2.75) is 0 Å². The minimum Gasteiger partial charge on any atom is -0.423 e. The van der Waals surface area contributed by atoms with Crippen LogP contribution in [0.25, 0.3) is 17.5 Å². The predicted octanol–water partition coefficient (Wildman–Crippen LogP) is 4.11. The number of anilines is 1. The second kappa shape index (κ2) is 7.21. The number of nitrogens with one attached hydrogen (secondary N) is 1. The Bertz CT molecular complexity index is 924. The van der Waals surface area contributed by atoms with Gasteiger partial charge in [-0.15, -0.1) is 21.5 Å². The number of carbonyl (C=O) groups is 1. The van der Waals surface area contributed by atoms with Gasteiger partial charge in [-0.05, 0) is 58.4 Å². The lowest BCUT2D eigenvalue weighted by atomic mass is 10.2. The first kappa shape index (κ1) is 16.1. The molecule has 3 aromatic rings. The summed E-state index contributed by atoms with van der Waals surface area (Å²) in [5.74, 6) is -0.0682. The van der Waals surface area contributed by atoms with Crippen LogP contribution in [0.2, 0.25) is 0 Å². The quantitative estimate of drug-likeness (QED) is 0.525. The summed E-state index contributed by atoms with van der Waals surface area (Å²) >= 11 is 4.79. The fourth-order valence-corrected chi connectivity index (χ4v) is 3.26. The van der Waals surface area contributed by atoms with Crippen molar-refractivity contribution in [2.24, 2.45) is 0 Å². The van der Waals surface area contributed by atoms with Crippen molar-refractivity contribution in [3.63, 3.8) is 0 Å². The first-order chi connectivity index (χ1) is 11.7. The summed E-state index contributed by atoms with van der Waals surface area (Å²) in [5.41, 5.74) is 1.34. The van der Waals surface area contributed by atoms with E-state index in [4.69, 9.17) is 4.42 Å². The molecule has 0 aliphatic rings. The van der Waals surface area contributed by atoms with Crippen LogP contribution in [0.15, 0.2) is 56.6 Å². The lowest BCUT2D eigenvalue weighted by Crippen LogP contribution is -2.13. The lowest BCUT2D eigenvalue weighted by Gasteiger charge is -2.04. The fraction of sp³-hybridized carbons (Fsp3) is 0. The van der Waals surface area contributed by atoms with Gasteiger partial charge >= 0.3 is 0 Å². The van der Waals surface area contributed by atoms with Gasteiger partial charge in [0.1, 0.15) is 11.6 Å². The molecule has 8 heteroatoms. The van der Waals surface area contributed by atoms with Crippen molar-refractivity contribution in [1.82, 2.24) is 10.2 Å². The maximum atomic E-state index is 12.2. The summed E-state index contributed by atoms with van der Waals surface area (Å²) in [6.45, 7) is 0. The Hall–Kier alpha value is -2.76. The largest absolute Gasteiger partial charge is 0.423 e. The topological polar surface area (TPSA) is 91.8 Å². The van der Waals surface area contributed by atoms with Gasteiger partial charge in [0, 0.05) is 16.1 Å². The van der Waals surface area contributed by atoms with E-state index in [1.807, 2.05) is 18.2 Å². The van der Waals surface area contributed by atoms with Crippen LogP contribution in [0.1, 0.15) is 4.88 Å².